The smallest absolute Gasteiger partial charge is 0.225 e. The zero-order chi connectivity index (χ0) is 18.8. The monoisotopic (exact) mass is 376 g/mol. The normalized spacial score (nSPS) is 11.8. The maximum atomic E-state index is 11.6. The van der Waals surface area contributed by atoms with Crippen LogP contribution in [0.1, 0.15) is 116 Å². The molecule has 0 aliphatic carbocycles. The molecule has 0 aromatic heterocycles. The van der Waals surface area contributed by atoms with Crippen LogP contribution in [0.15, 0.2) is 0 Å². The van der Waals surface area contributed by atoms with Crippen LogP contribution in [-0.2, 0) is 4.79 Å². The Kier molecular flexibility index (Phi) is 17.2. The number of ketones is 1. The first-order valence-electron chi connectivity index (χ1n) is 10.6. The van der Waals surface area contributed by atoms with E-state index in [9.17, 15) is 15.0 Å². The Hall–Kier alpha value is -0.120. The van der Waals surface area contributed by atoms with Gasteiger partial charge in [-0.1, -0.05) is 96.8 Å². The maximum absolute atomic E-state index is 11.6. The van der Waals surface area contributed by atoms with Crippen LogP contribution in [0.25, 0.3) is 0 Å². The summed E-state index contributed by atoms with van der Waals surface area (Å²) in [6.07, 6.45) is 19.3. The second-order valence-corrected chi connectivity index (χ2v) is 7.76. The van der Waals surface area contributed by atoms with Crippen LogP contribution in [0.2, 0.25) is 0 Å². The fraction of sp³-hybridized carbons (Fsp3) is 0.952. The van der Waals surface area contributed by atoms with E-state index >= 15 is 0 Å². The molecule has 0 radical (unpaired) electrons. The van der Waals surface area contributed by atoms with E-state index < -0.39 is 11.6 Å². The minimum Gasteiger partial charge on any atom is -0.360 e. The summed E-state index contributed by atoms with van der Waals surface area (Å²) in [5.41, 5.74) is 0. The third-order valence-electron chi connectivity index (χ3n) is 4.90. The molecule has 4 heteroatoms. The van der Waals surface area contributed by atoms with Gasteiger partial charge in [-0.05, 0) is 6.42 Å². The van der Waals surface area contributed by atoms with Gasteiger partial charge in [0.2, 0.25) is 5.79 Å². The number of unbranched alkanes of at least 4 members (excludes halogenated alkanes) is 14. The van der Waals surface area contributed by atoms with E-state index in [0.29, 0.717) is 0 Å². The minimum atomic E-state index is -2.22. The SMILES string of the molecule is CCCCCCCCCCCCCCCCCC(=O)C(O)(O)CCCl. The standard InChI is InChI=1S/C21H41ClO3/c1-2-3-4-5-6-7-8-9-10-11-12-13-14-15-16-17-20(23)21(24,25)18-19-22/h24-25H,2-19H2,1H3. The molecule has 3 nitrogen and oxygen atoms in total. The Bertz CT molecular complexity index is 306. The molecule has 25 heavy (non-hydrogen) atoms. The minimum absolute atomic E-state index is 0.0809. The third kappa shape index (κ3) is 15.8. The Labute approximate surface area is 160 Å². The number of Topliss-reactive ketones (excluding diaryl/α,β-unsaturated/α-hetero) is 1. The zero-order valence-corrected chi connectivity index (χ0v) is 17.2. The van der Waals surface area contributed by atoms with Crippen LogP contribution >= 0.6 is 11.6 Å². The summed E-state index contributed by atoms with van der Waals surface area (Å²) < 4.78 is 0. The topological polar surface area (TPSA) is 57.5 Å². The number of carbonyl (C=O) groups excluding carboxylic acids is 1. The lowest BCUT2D eigenvalue weighted by Crippen LogP contribution is -2.38. The molecule has 150 valence electrons. The summed E-state index contributed by atoms with van der Waals surface area (Å²) in [7, 11) is 0. The van der Waals surface area contributed by atoms with Crippen molar-refractivity contribution in [1.29, 1.82) is 0 Å². The molecule has 2 N–H and O–H groups in total. The van der Waals surface area contributed by atoms with E-state index in [0.717, 1.165) is 19.3 Å². The van der Waals surface area contributed by atoms with Crippen molar-refractivity contribution in [2.45, 2.75) is 122 Å². The zero-order valence-electron chi connectivity index (χ0n) is 16.4. The maximum Gasteiger partial charge on any atom is 0.225 e. The fourth-order valence-electron chi connectivity index (χ4n) is 3.13. The van der Waals surface area contributed by atoms with Gasteiger partial charge in [0, 0.05) is 18.7 Å². The molecule has 0 aliphatic rings. The molecule has 0 rings (SSSR count). The molecule has 0 saturated carbocycles. The van der Waals surface area contributed by atoms with Crippen molar-refractivity contribution < 1.29 is 15.0 Å². The molecule has 0 fully saturated rings. The molecule has 0 unspecified atom stereocenters. The van der Waals surface area contributed by atoms with Gasteiger partial charge in [-0.15, -0.1) is 11.6 Å². The summed E-state index contributed by atoms with van der Waals surface area (Å²) in [4.78, 5) is 11.6. The molecule has 0 aromatic carbocycles. The number of hydrogen-bond acceptors (Lipinski definition) is 3. The first-order valence-corrected chi connectivity index (χ1v) is 11.1. The second kappa shape index (κ2) is 17.3. The van der Waals surface area contributed by atoms with Gasteiger partial charge < -0.3 is 10.2 Å². The van der Waals surface area contributed by atoms with E-state index in [-0.39, 0.29) is 18.7 Å². The van der Waals surface area contributed by atoms with E-state index in [4.69, 9.17) is 11.6 Å². The lowest BCUT2D eigenvalue weighted by molar-refractivity contribution is -0.183. The Morgan fingerprint density at radius 2 is 1.08 bits per heavy atom. The number of rotatable bonds is 19. The van der Waals surface area contributed by atoms with Crippen LogP contribution in [0.3, 0.4) is 0 Å². The summed E-state index contributed by atoms with van der Waals surface area (Å²) in [5.74, 6) is -2.64. The summed E-state index contributed by atoms with van der Waals surface area (Å²) in [6, 6.07) is 0. The van der Waals surface area contributed by atoms with Gasteiger partial charge >= 0.3 is 0 Å². The summed E-state index contributed by atoms with van der Waals surface area (Å²) in [5, 5.41) is 19.0. The molecule has 0 bridgehead atoms. The van der Waals surface area contributed by atoms with Gasteiger partial charge in [0.25, 0.3) is 0 Å². The lowest BCUT2D eigenvalue weighted by atomic mass is 10.0. The quantitative estimate of drug-likeness (QED) is 0.162. The van der Waals surface area contributed by atoms with Crippen molar-refractivity contribution in [2.75, 3.05) is 5.88 Å². The molecule has 0 heterocycles. The van der Waals surface area contributed by atoms with Gasteiger partial charge in [-0.3, -0.25) is 4.79 Å². The first kappa shape index (κ1) is 24.9. The van der Waals surface area contributed by atoms with E-state index in [1.807, 2.05) is 0 Å². The third-order valence-corrected chi connectivity index (χ3v) is 5.09. The van der Waals surface area contributed by atoms with Crippen LogP contribution < -0.4 is 0 Å². The largest absolute Gasteiger partial charge is 0.360 e. The predicted molar refractivity (Wildman–Crippen MR) is 107 cm³/mol. The van der Waals surface area contributed by atoms with Gasteiger partial charge in [0.05, 0.1) is 0 Å². The lowest BCUT2D eigenvalue weighted by Gasteiger charge is -2.18. The highest BCUT2D eigenvalue weighted by atomic mass is 35.5. The Morgan fingerprint density at radius 3 is 1.44 bits per heavy atom. The van der Waals surface area contributed by atoms with Crippen molar-refractivity contribution in [3.63, 3.8) is 0 Å². The number of aliphatic hydroxyl groups is 2. The molecule has 0 atom stereocenters. The Balaban J connectivity index is 3.25. The number of alkyl halides is 1. The van der Waals surface area contributed by atoms with Crippen LogP contribution in [0.4, 0.5) is 0 Å². The first-order chi connectivity index (χ1) is 12.0. The average Bonchev–Trinajstić information content (AvgIpc) is 2.58. The van der Waals surface area contributed by atoms with Crippen LogP contribution in [-0.4, -0.2) is 27.7 Å². The van der Waals surface area contributed by atoms with Crippen molar-refractivity contribution in [1.82, 2.24) is 0 Å². The van der Waals surface area contributed by atoms with Crippen LogP contribution in [0, 0.1) is 0 Å². The van der Waals surface area contributed by atoms with Gasteiger partial charge in [-0.25, -0.2) is 0 Å². The summed E-state index contributed by atoms with van der Waals surface area (Å²) in [6.45, 7) is 2.26. The molecule has 0 aromatic rings. The number of halogens is 1. The van der Waals surface area contributed by atoms with Crippen molar-refractivity contribution >= 4 is 17.4 Å². The van der Waals surface area contributed by atoms with Gasteiger partial charge in [-0.2, -0.15) is 0 Å². The molecule has 0 spiro atoms. The highest BCUT2D eigenvalue weighted by Crippen LogP contribution is 2.16. The van der Waals surface area contributed by atoms with Gasteiger partial charge in [0.15, 0.2) is 5.78 Å². The number of carbonyl (C=O) groups is 1. The summed E-state index contributed by atoms with van der Waals surface area (Å²) >= 11 is 5.46. The number of hydrogen-bond donors (Lipinski definition) is 2. The second-order valence-electron chi connectivity index (χ2n) is 7.38. The molecular weight excluding hydrogens is 336 g/mol. The van der Waals surface area contributed by atoms with Gasteiger partial charge in [0.1, 0.15) is 0 Å². The predicted octanol–water partition coefficient (Wildman–Crippen LogP) is 6.13. The Morgan fingerprint density at radius 1 is 0.720 bits per heavy atom. The molecular formula is C21H41ClO3. The fourth-order valence-corrected chi connectivity index (χ4v) is 3.39. The van der Waals surface area contributed by atoms with Crippen molar-refractivity contribution in [3.8, 4) is 0 Å². The molecule has 0 amide bonds. The average molecular weight is 377 g/mol. The van der Waals surface area contributed by atoms with E-state index in [1.54, 1.807) is 0 Å². The van der Waals surface area contributed by atoms with Crippen molar-refractivity contribution in [3.05, 3.63) is 0 Å². The van der Waals surface area contributed by atoms with E-state index in [1.165, 1.54) is 77.0 Å². The van der Waals surface area contributed by atoms with Crippen molar-refractivity contribution in [2.24, 2.45) is 0 Å². The molecule has 0 aliphatic heterocycles. The van der Waals surface area contributed by atoms with E-state index in [2.05, 4.69) is 6.92 Å². The van der Waals surface area contributed by atoms with Crippen LogP contribution in [0.5, 0.6) is 0 Å². The highest BCUT2D eigenvalue weighted by molar-refractivity contribution is 6.18. The highest BCUT2D eigenvalue weighted by Gasteiger charge is 2.31. The molecule has 0 saturated heterocycles.